The van der Waals surface area contributed by atoms with E-state index >= 15 is 0 Å². The number of aromatic nitrogens is 1. The summed E-state index contributed by atoms with van der Waals surface area (Å²) in [7, 11) is 4.29. The summed E-state index contributed by atoms with van der Waals surface area (Å²) in [4.78, 5) is 9.38. The third kappa shape index (κ3) is 2.04. The first-order valence-corrected chi connectivity index (χ1v) is 7.02. The van der Waals surface area contributed by atoms with Gasteiger partial charge in [-0.1, -0.05) is 11.3 Å². The van der Waals surface area contributed by atoms with E-state index in [1.165, 1.54) is 11.1 Å². The van der Waals surface area contributed by atoms with Gasteiger partial charge in [-0.05, 0) is 38.7 Å². The number of hydrogen-bond donors (Lipinski definition) is 1. The molecular formula is C13H18N4S. The maximum atomic E-state index is 5.81. The van der Waals surface area contributed by atoms with Gasteiger partial charge in [-0.3, -0.25) is 0 Å². The van der Waals surface area contributed by atoms with Crippen LogP contribution in [0.1, 0.15) is 6.42 Å². The first kappa shape index (κ1) is 11.7. The second-order valence-corrected chi connectivity index (χ2v) is 6.08. The highest BCUT2D eigenvalue weighted by Crippen LogP contribution is 2.32. The van der Waals surface area contributed by atoms with Crippen LogP contribution in [0.5, 0.6) is 0 Å². The molecule has 5 heteroatoms. The lowest BCUT2D eigenvalue weighted by atomic mass is 10.2. The molecule has 1 aliphatic rings. The van der Waals surface area contributed by atoms with Crippen LogP contribution >= 0.6 is 11.3 Å². The van der Waals surface area contributed by atoms with E-state index < -0.39 is 0 Å². The number of nitrogen functional groups attached to an aromatic ring is 1. The van der Waals surface area contributed by atoms with Crippen LogP contribution in [0.25, 0.3) is 10.2 Å². The Labute approximate surface area is 111 Å². The fraction of sp³-hybridized carbons (Fsp3) is 0.462. The van der Waals surface area contributed by atoms with Gasteiger partial charge in [0.1, 0.15) is 0 Å². The predicted molar refractivity (Wildman–Crippen MR) is 78.3 cm³/mol. The normalized spacial score (nSPS) is 20.2. The summed E-state index contributed by atoms with van der Waals surface area (Å²) in [6.07, 6.45) is 1.21. The zero-order chi connectivity index (χ0) is 12.7. The van der Waals surface area contributed by atoms with Gasteiger partial charge in [-0.25, -0.2) is 4.98 Å². The maximum absolute atomic E-state index is 5.81. The Morgan fingerprint density at radius 1 is 1.44 bits per heavy atom. The monoisotopic (exact) mass is 262 g/mol. The van der Waals surface area contributed by atoms with Crippen molar-refractivity contribution >= 4 is 32.4 Å². The summed E-state index contributed by atoms with van der Waals surface area (Å²) >= 11 is 1.74. The molecule has 1 fully saturated rings. The van der Waals surface area contributed by atoms with E-state index in [0.717, 1.165) is 29.4 Å². The van der Waals surface area contributed by atoms with Crippen LogP contribution in [0.3, 0.4) is 0 Å². The molecule has 96 valence electrons. The van der Waals surface area contributed by atoms with Crippen LogP contribution in [0, 0.1) is 0 Å². The number of benzene rings is 1. The molecule has 0 radical (unpaired) electrons. The van der Waals surface area contributed by atoms with E-state index in [-0.39, 0.29) is 0 Å². The number of hydrogen-bond acceptors (Lipinski definition) is 5. The van der Waals surface area contributed by atoms with Crippen molar-refractivity contribution in [2.24, 2.45) is 0 Å². The van der Waals surface area contributed by atoms with Crippen molar-refractivity contribution in [3.63, 3.8) is 0 Å². The number of fused-ring (bicyclic) bond motifs is 1. The summed E-state index contributed by atoms with van der Waals surface area (Å²) in [6.45, 7) is 2.17. The zero-order valence-corrected chi connectivity index (χ0v) is 11.6. The van der Waals surface area contributed by atoms with Gasteiger partial charge in [0.25, 0.3) is 0 Å². The van der Waals surface area contributed by atoms with Crippen molar-refractivity contribution in [2.45, 2.75) is 12.5 Å². The lowest BCUT2D eigenvalue weighted by molar-refractivity contribution is 0.315. The van der Waals surface area contributed by atoms with E-state index in [2.05, 4.69) is 23.9 Å². The summed E-state index contributed by atoms with van der Waals surface area (Å²) in [5.41, 5.74) is 7.67. The Bertz CT molecular complexity index is 563. The fourth-order valence-corrected chi connectivity index (χ4v) is 3.45. The van der Waals surface area contributed by atoms with Gasteiger partial charge in [0.05, 0.1) is 10.2 Å². The van der Waals surface area contributed by atoms with E-state index in [1.54, 1.807) is 11.3 Å². The highest BCUT2D eigenvalue weighted by atomic mass is 32.1. The third-order valence-electron chi connectivity index (χ3n) is 3.57. The van der Waals surface area contributed by atoms with Gasteiger partial charge >= 0.3 is 0 Å². The topological polar surface area (TPSA) is 45.4 Å². The molecule has 0 saturated carbocycles. The number of thiazole rings is 1. The highest BCUT2D eigenvalue weighted by Gasteiger charge is 2.25. The highest BCUT2D eigenvalue weighted by molar-refractivity contribution is 7.22. The molecule has 0 unspecified atom stereocenters. The van der Waals surface area contributed by atoms with Gasteiger partial charge < -0.3 is 15.5 Å². The van der Waals surface area contributed by atoms with E-state index in [1.807, 2.05) is 18.2 Å². The molecule has 4 nitrogen and oxygen atoms in total. The molecule has 2 aromatic rings. The van der Waals surface area contributed by atoms with Gasteiger partial charge in [-0.15, -0.1) is 0 Å². The summed E-state index contributed by atoms with van der Waals surface area (Å²) < 4.78 is 1.18. The predicted octanol–water partition coefficient (Wildman–Crippen LogP) is 2.02. The zero-order valence-electron chi connectivity index (χ0n) is 10.8. The minimum Gasteiger partial charge on any atom is -0.399 e. The van der Waals surface area contributed by atoms with Crippen molar-refractivity contribution in [1.29, 1.82) is 0 Å². The molecule has 1 saturated heterocycles. The Balaban J connectivity index is 1.87. The van der Waals surface area contributed by atoms with E-state index in [0.29, 0.717) is 6.04 Å². The van der Waals surface area contributed by atoms with Crippen LogP contribution in [-0.2, 0) is 0 Å². The second kappa shape index (κ2) is 4.40. The SMILES string of the molecule is CN(C)[C@H]1CCN(c2nc3ccc(N)cc3s2)C1. The Kier molecular flexibility index (Phi) is 2.87. The number of anilines is 2. The molecule has 18 heavy (non-hydrogen) atoms. The molecule has 0 bridgehead atoms. The first-order valence-electron chi connectivity index (χ1n) is 6.21. The third-order valence-corrected chi connectivity index (χ3v) is 4.64. The molecule has 0 spiro atoms. The summed E-state index contributed by atoms with van der Waals surface area (Å²) in [6, 6.07) is 6.57. The minimum atomic E-state index is 0.641. The number of rotatable bonds is 2. The molecule has 1 atom stereocenters. The van der Waals surface area contributed by atoms with Gasteiger partial charge in [0, 0.05) is 24.8 Å². The molecule has 0 amide bonds. The summed E-state index contributed by atoms with van der Waals surface area (Å²) in [5.74, 6) is 0. The van der Waals surface area contributed by atoms with Crippen LogP contribution < -0.4 is 10.6 Å². The van der Waals surface area contributed by atoms with E-state index in [9.17, 15) is 0 Å². The van der Waals surface area contributed by atoms with Crippen LogP contribution in [0.4, 0.5) is 10.8 Å². The molecule has 3 rings (SSSR count). The molecule has 1 aromatic heterocycles. The van der Waals surface area contributed by atoms with Gasteiger partial charge in [0.2, 0.25) is 0 Å². The molecule has 0 aliphatic carbocycles. The lowest BCUT2D eigenvalue weighted by Gasteiger charge is -2.19. The quantitative estimate of drug-likeness (QED) is 0.841. The summed E-state index contributed by atoms with van der Waals surface area (Å²) in [5, 5.41) is 1.12. The van der Waals surface area contributed by atoms with Crippen molar-refractivity contribution in [3.8, 4) is 0 Å². The molecule has 2 heterocycles. The Hall–Kier alpha value is -1.33. The smallest absolute Gasteiger partial charge is 0.186 e. The number of nitrogens with zero attached hydrogens (tertiary/aromatic N) is 3. The van der Waals surface area contributed by atoms with Crippen molar-refractivity contribution in [2.75, 3.05) is 37.8 Å². The maximum Gasteiger partial charge on any atom is 0.186 e. The molecule has 1 aromatic carbocycles. The van der Waals surface area contributed by atoms with Crippen molar-refractivity contribution in [1.82, 2.24) is 9.88 Å². The Morgan fingerprint density at radius 2 is 2.28 bits per heavy atom. The second-order valence-electron chi connectivity index (χ2n) is 5.08. The molecule has 1 aliphatic heterocycles. The minimum absolute atomic E-state index is 0.641. The standard InChI is InChI=1S/C13H18N4S/c1-16(2)10-5-6-17(8-10)13-15-11-4-3-9(14)7-12(11)18-13/h3-4,7,10H,5-6,8,14H2,1-2H3/t10-/m0/s1. The number of nitrogens with two attached hydrogens (primary N) is 1. The molecular weight excluding hydrogens is 244 g/mol. The van der Waals surface area contributed by atoms with Gasteiger partial charge in [0.15, 0.2) is 5.13 Å². The van der Waals surface area contributed by atoms with Crippen molar-refractivity contribution < 1.29 is 0 Å². The Morgan fingerprint density at radius 3 is 3.00 bits per heavy atom. The van der Waals surface area contributed by atoms with Crippen LogP contribution in [0.2, 0.25) is 0 Å². The largest absolute Gasteiger partial charge is 0.399 e. The average Bonchev–Trinajstić information content (AvgIpc) is 2.93. The lowest BCUT2D eigenvalue weighted by Crippen LogP contribution is -2.31. The fourth-order valence-electron chi connectivity index (χ4n) is 2.40. The van der Waals surface area contributed by atoms with Crippen molar-refractivity contribution in [3.05, 3.63) is 18.2 Å². The molecule has 2 N–H and O–H groups in total. The van der Waals surface area contributed by atoms with E-state index in [4.69, 9.17) is 10.7 Å². The number of likely N-dealkylation sites (N-methyl/N-ethyl adjacent to an activating group) is 1. The van der Waals surface area contributed by atoms with Crippen LogP contribution in [-0.4, -0.2) is 43.1 Å². The average molecular weight is 262 g/mol. The van der Waals surface area contributed by atoms with Crippen LogP contribution in [0.15, 0.2) is 18.2 Å². The van der Waals surface area contributed by atoms with Gasteiger partial charge in [-0.2, -0.15) is 0 Å². The first-order chi connectivity index (χ1) is 8.63.